The van der Waals surface area contributed by atoms with Gasteiger partial charge in [-0.15, -0.1) is 0 Å². The van der Waals surface area contributed by atoms with Crippen molar-refractivity contribution in [1.29, 1.82) is 0 Å². The minimum atomic E-state index is -0.491. The quantitative estimate of drug-likeness (QED) is 0.739. The lowest BCUT2D eigenvalue weighted by Gasteiger charge is -2.32. The van der Waals surface area contributed by atoms with Crippen LogP contribution in [0.3, 0.4) is 0 Å². The van der Waals surface area contributed by atoms with E-state index >= 15 is 0 Å². The number of methoxy groups -OCH3 is 1. The highest BCUT2D eigenvalue weighted by Gasteiger charge is 2.38. The van der Waals surface area contributed by atoms with Gasteiger partial charge in [0.2, 0.25) is 17.7 Å². The maximum absolute atomic E-state index is 12.9. The topological polar surface area (TPSA) is 96.0 Å². The minimum Gasteiger partial charge on any atom is -0.468 e. The van der Waals surface area contributed by atoms with Gasteiger partial charge < -0.3 is 19.9 Å². The molecule has 2 aliphatic heterocycles. The number of esters is 1. The summed E-state index contributed by atoms with van der Waals surface area (Å²) >= 11 is 0. The number of ether oxygens (including phenoxy) is 1. The molecule has 1 atom stereocenters. The highest BCUT2D eigenvalue weighted by Crippen LogP contribution is 2.28. The number of nitrogens with zero attached hydrogens (tertiary/aromatic N) is 2. The Morgan fingerprint density at radius 2 is 1.76 bits per heavy atom. The third-order valence-electron chi connectivity index (χ3n) is 5.63. The van der Waals surface area contributed by atoms with Crippen LogP contribution >= 0.6 is 0 Å². The number of nitrogens with one attached hydrogen (secondary N) is 1. The van der Waals surface area contributed by atoms with E-state index in [9.17, 15) is 19.2 Å². The molecule has 2 saturated heterocycles. The molecule has 0 aliphatic carbocycles. The fraction of sp³-hybridized carbons (Fsp3) is 0.524. The van der Waals surface area contributed by atoms with Gasteiger partial charge in [0.25, 0.3) is 0 Å². The van der Waals surface area contributed by atoms with Gasteiger partial charge in [-0.25, -0.2) is 0 Å². The Morgan fingerprint density at radius 3 is 2.38 bits per heavy atom. The Morgan fingerprint density at radius 1 is 1.10 bits per heavy atom. The SMILES string of the molecule is COC(=O)CNC(=O)C1CCN(C(=O)C2CC(=O)N(c3ccc(C)cc3)C2)CC1. The van der Waals surface area contributed by atoms with Crippen LogP contribution in [0.5, 0.6) is 0 Å². The fourth-order valence-corrected chi connectivity index (χ4v) is 3.84. The number of piperidine rings is 1. The van der Waals surface area contributed by atoms with Crippen LogP contribution in [-0.4, -0.2) is 61.9 Å². The first-order valence-electron chi connectivity index (χ1n) is 9.89. The number of likely N-dealkylation sites (tertiary alicyclic amines) is 1. The number of rotatable bonds is 5. The van der Waals surface area contributed by atoms with Crippen molar-refractivity contribution in [3.63, 3.8) is 0 Å². The van der Waals surface area contributed by atoms with Gasteiger partial charge >= 0.3 is 5.97 Å². The van der Waals surface area contributed by atoms with Crippen LogP contribution in [0.15, 0.2) is 24.3 Å². The van der Waals surface area contributed by atoms with Gasteiger partial charge in [-0.3, -0.25) is 19.2 Å². The molecule has 156 valence electrons. The molecule has 1 aromatic carbocycles. The van der Waals surface area contributed by atoms with Gasteiger partial charge in [0, 0.05) is 37.7 Å². The van der Waals surface area contributed by atoms with E-state index < -0.39 is 5.97 Å². The average molecular weight is 401 g/mol. The number of amides is 3. The first-order valence-corrected chi connectivity index (χ1v) is 9.89. The summed E-state index contributed by atoms with van der Waals surface area (Å²) in [5.74, 6) is -1.32. The maximum Gasteiger partial charge on any atom is 0.325 e. The van der Waals surface area contributed by atoms with Crippen LogP contribution in [0.1, 0.15) is 24.8 Å². The van der Waals surface area contributed by atoms with Crippen molar-refractivity contribution in [2.24, 2.45) is 11.8 Å². The van der Waals surface area contributed by atoms with E-state index in [1.807, 2.05) is 31.2 Å². The second kappa shape index (κ2) is 9.07. The van der Waals surface area contributed by atoms with Crippen molar-refractivity contribution in [2.45, 2.75) is 26.2 Å². The number of carbonyl (C=O) groups excluding carboxylic acids is 4. The predicted octanol–water partition coefficient (Wildman–Crippen LogP) is 0.876. The highest BCUT2D eigenvalue weighted by atomic mass is 16.5. The van der Waals surface area contributed by atoms with Crippen LogP contribution in [-0.2, 0) is 23.9 Å². The van der Waals surface area contributed by atoms with E-state index in [-0.39, 0.29) is 42.5 Å². The van der Waals surface area contributed by atoms with Gasteiger partial charge in [0.15, 0.2) is 0 Å². The monoisotopic (exact) mass is 401 g/mol. The third-order valence-corrected chi connectivity index (χ3v) is 5.63. The predicted molar refractivity (Wildman–Crippen MR) is 106 cm³/mol. The molecule has 0 spiro atoms. The number of hydrogen-bond donors (Lipinski definition) is 1. The van der Waals surface area contributed by atoms with Gasteiger partial charge in [-0.2, -0.15) is 0 Å². The Balaban J connectivity index is 1.50. The fourth-order valence-electron chi connectivity index (χ4n) is 3.84. The van der Waals surface area contributed by atoms with Crippen LogP contribution < -0.4 is 10.2 Å². The van der Waals surface area contributed by atoms with Crippen LogP contribution in [0.2, 0.25) is 0 Å². The summed E-state index contributed by atoms with van der Waals surface area (Å²) in [4.78, 5) is 52.0. The van der Waals surface area contributed by atoms with Crippen molar-refractivity contribution in [1.82, 2.24) is 10.2 Å². The minimum absolute atomic E-state index is 0.0265. The summed E-state index contributed by atoms with van der Waals surface area (Å²) in [5, 5.41) is 2.57. The van der Waals surface area contributed by atoms with E-state index in [4.69, 9.17) is 0 Å². The lowest BCUT2D eigenvalue weighted by atomic mass is 9.94. The standard InChI is InChI=1S/C21H27N3O5/c1-14-3-5-17(6-4-14)24-13-16(11-18(24)25)21(28)23-9-7-15(8-10-23)20(27)22-12-19(26)29-2/h3-6,15-16H,7-13H2,1-2H3,(H,22,27). The Kier molecular flexibility index (Phi) is 6.51. The van der Waals surface area contributed by atoms with E-state index in [0.29, 0.717) is 32.5 Å². The molecule has 8 nitrogen and oxygen atoms in total. The molecule has 1 aromatic rings. The van der Waals surface area contributed by atoms with Gasteiger partial charge in [0.05, 0.1) is 13.0 Å². The van der Waals surface area contributed by atoms with Crippen molar-refractivity contribution in [2.75, 3.05) is 38.2 Å². The second-order valence-electron chi connectivity index (χ2n) is 7.63. The van der Waals surface area contributed by atoms with Gasteiger partial charge in [-0.05, 0) is 31.9 Å². The van der Waals surface area contributed by atoms with Crippen LogP contribution in [0, 0.1) is 18.8 Å². The molecule has 1 N–H and O–H groups in total. The zero-order valence-corrected chi connectivity index (χ0v) is 16.8. The van der Waals surface area contributed by atoms with Crippen molar-refractivity contribution < 1.29 is 23.9 Å². The summed E-state index contributed by atoms with van der Waals surface area (Å²) in [6.07, 6.45) is 1.30. The summed E-state index contributed by atoms with van der Waals surface area (Å²) in [5.41, 5.74) is 1.93. The number of benzene rings is 1. The summed E-state index contributed by atoms with van der Waals surface area (Å²) in [6, 6.07) is 7.71. The Bertz CT molecular complexity index is 784. The molecular weight excluding hydrogens is 374 g/mol. The molecule has 3 amide bonds. The lowest BCUT2D eigenvalue weighted by Crippen LogP contribution is -2.46. The number of aryl methyl sites for hydroxylation is 1. The van der Waals surface area contributed by atoms with Gasteiger partial charge in [-0.1, -0.05) is 17.7 Å². The number of carbonyl (C=O) groups is 4. The molecule has 0 bridgehead atoms. The lowest BCUT2D eigenvalue weighted by molar-refractivity contribution is -0.142. The molecule has 0 saturated carbocycles. The Labute approximate surface area is 170 Å². The molecule has 8 heteroatoms. The highest BCUT2D eigenvalue weighted by molar-refractivity contribution is 6.00. The van der Waals surface area contributed by atoms with Crippen LogP contribution in [0.4, 0.5) is 5.69 Å². The molecule has 29 heavy (non-hydrogen) atoms. The zero-order valence-electron chi connectivity index (χ0n) is 16.8. The van der Waals surface area contributed by atoms with Crippen LogP contribution in [0.25, 0.3) is 0 Å². The average Bonchev–Trinajstić information content (AvgIpc) is 3.13. The second-order valence-corrected chi connectivity index (χ2v) is 7.63. The first kappa shape index (κ1) is 20.8. The molecule has 2 heterocycles. The molecule has 0 radical (unpaired) electrons. The molecule has 2 aliphatic rings. The van der Waals surface area contributed by atoms with E-state index in [0.717, 1.165) is 11.3 Å². The van der Waals surface area contributed by atoms with E-state index in [2.05, 4.69) is 10.1 Å². The van der Waals surface area contributed by atoms with Gasteiger partial charge in [0.1, 0.15) is 6.54 Å². The Hall–Kier alpha value is -2.90. The van der Waals surface area contributed by atoms with E-state index in [1.54, 1.807) is 9.80 Å². The van der Waals surface area contributed by atoms with Crippen molar-refractivity contribution in [3.8, 4) is 0 Å². The number of hydrogen-bond acceptors (Lipinski definition) is 5. The normalized spacial score (nSPS) is 19.9. The molecular formula is C21H27N3O5. The first-order chi connectivity index (χ1) is 13.9. The number of anilines is 1. The smallest absolute Gasteiger partial charge is 0.325 e. The van der Waals surface area contributed by atoms with E-state index in [1.165, 1.54) is 7.11 Å². The molecule has 3 rings (SSSR count). The molecule has 1 unspecified atom stereocenters. The largest absolute Gasteiger partial charge is 0.468 e. The summed E-state index contributed by atoms with van der Waals surface area (Å²) < 4.78 is 4.51. The maximum atomic E-state index is 12.9. The zero-order chi connectivity index (χ0) is 21.0. The van der Waals surface area contributed by atoms with Crippen molar-refractivity contribution in [3.05, 3.63) is 29.8 Å². The summed E-state index contributed by atoms with van der Waals surface area (Å²) in [7, 11) is 1.27. The summed E-state index contributed by atoms with van der Waals surface area (Å²) in [6.45, 7) is 3.18. The van der Waals surface area contributed by atoms with Crippen molar-refractivity contribution >= 4 is 29.4 Å². The molecule has 2 fully saturated rings. The third kappa shape index (κ3) is 4.93. The molecule has 0 aromatic heterocycles.